The predicted molar refractivity (Wildman–Crippen MR) is 109 cm³/mol. The van der Waals surface area contributed by atoms with Crippen molar-refractivity contribution >= 4 is 17.6 Å². The van der Waals surface area contributed by atoms with Gasteiger partial charge in [0.1, 0.15) is 0 Å². The number of rotatable bonds is 6. The van der Waals surface area contributed by atoms with E-state index in [1.54, 1.807) is 6.20 Å². The maximum absolute atomic E-state index is 5.81. The first-order valence-electron chi connectivity index (χ1n) is 9.35. The van der Waals surface area contributed by atoms with Crippen LogP contribution in [0.2, 0.25) is 0 Å². The Balaban J connectivity index is 1.56. The Kier molecular flexibility index (Phi) is 5.58. The third kappa shape index (κ3) is 4.52. The highest BCUT2D eigenvalue weighted by Gasteiger charge is 2.17. The van der Waals surface area contributed by atoms with Crippen molar-refractivity contribution in [3.63, 3.8) is 0 Å². The van der Waals surface area contributed by atoms with Crippen molar-refractivity contribution in [2.45, 2.75) is 6.42 Å². The van der Waals surface area contributed by atoms with E-state index in [0.717, 1.165) is 30.6 Å². The van der Waals surface area contributed by atoms with E-state index in [4.69, 9.17) is 10.5 Å². The predicted octanol–water partition coefficient (Wildman–Crippen LogP) is 2.01. The van der Waals surface area contributed by atoms with Crippen LogP contribution in [0.15, 0.2) is 48.8 Å². The van der Waals surface area contributed by atoms with Gasteiger partial charge in [-0.25, -0.2) is 0 Å². The fourth-order valence-corrected chi connectivity index (χ4v) is 2.97. The normalized spacial score (nSPS) is 14.1. The molecule has 144 valence electrons. The molecule has 4 rings (SSSR count). The van der Waals surface area contributed by atoms with Crippen LogP contribution in [0, 0.1) is 0 Å². The topological polar surface area (TPSA) is 102 Å². The highest BCUT2D eigenvalue weighted by molar-refractivity contribution is 5.61. The zero-order valence-electron chi connectivity index (χ0n) is 15.6. The number of nitrogen functional groups attached to an aromatic ring is 1. The number of hydrogen-bond acceptors (Lipinski definition) is 8. The largest absolute Gasteiger partial charge is 0.399 e. The van der Waals surface area contributed by atoms with Crippen molar-refractivity contribution in [3.8, 4) is 11.4 Å². The van der Waals surface area contributed by atoms with E-state index >= 15 is 0 Å². The number of aromatic nitrogens is 4. The summed E-state index contributed by atoms with van der Waals surface area (Å²) in [4.78, 5) is 20.2. The molecular weight excluding hydrogens is 354 g/mol. The van der Waals surface area contributed by atoms with Crippen LogP contribution in [0.1, 0.15) is 5.56 Å². The molecule has 0 amide bonds. The second kappa shape index (κ2) is 8.62. The van der Waals surface area contributed by atoms with Crippen molar-refractivity contribution in [3.05, 3.63) is 54.4 Å². The first-order chi connectivity index (χ1) is 13.8. The Labute approximate surface area is 163 Å². The van der Waals surface area contributed by atoms with E-state index in [0.29, 0.717) is 43.2 Å². The van der Waals surface area contributed by atoms with Gasteiger partial charge in [0.2, 0.25) is 11.9 Å². The van der Waals surface area contributed by atoms with Crippen LogP contribution in [0.3, 0.4) is 0 Å². The molecule has 0 unspecified atom stereocenters. The van der Waals surface area contributed by atoms with Gasteiger partial charge in [-0.15, -0.1) is 0 Å². The fraction of sp³-hybridized carbons (Fsp3) is 0.300. The minimum atomic E-state index is 0.562. The Hall–Kier alpha value is -3.26. The fourth-order valence-electron chi connectivity index (χ4n) is 2.97. The summed E-state index contributed by atoms with van der Waals surface area (Å²) in [5.74, 6) is 1.85. The Morgan fingerprint density at radius 3 is 2.61 bits per heavy atom. The van der Waals surface area contributed by atoms with Crippen LogP contribution in [0.4, 0.5) is 17.6 Å². The number of ether oxygens (including phenoxy) is 1. The molecule has 0 bridgehead atoms. The van der Waals surface area contributed by atoms with Gasteiger partial charge < -0.3 is 20.7 Å². The number of nitrogens with zero attached hydrogens (tertiary/aromatic N) is 5. The molecule has 8 heteroatoms. The van der Waals surface area contributed by atoms with Crippen molar-refractivity contribution in [2.75, 3.05) is 48.8 Å². The molecule has 1 saturated heterocycles. The minimum Gasteiger partial charge on any atom is -0.399 e. The lowest BCUT2D eigenvalue weighted by Crippen LogP contribution is -2.37. The number of benzene rings is 1. The van der Waals surface area contributed by atoms with Crippen molar-refractivity contribution < 1.29 is 4.74 Å². The summed E-state index contributed by atoms with van der Waals surface area (Å²) in [6.07, 6.45) is 4.48. The zero-order valence-corrected chi connectivity index (χ0v) is 15.6. The van der Waals surface area contributed by atoms with Crippen LogP contribution >= 0.6 is 0 Å². The van der Waals surface area contributed by atoms with E-state index in [1.165, 1.54) is 0 Å². The summed E-state index contributed by atoms with van der Waals surface area (Å²) in [5, 5.41) is 3.32. The first-order valence-corrected chi connectivity index (χ1v) is 9.35. The van der Waals surface area contributed by atoms with Crippen LogP contribution in [0.25, 0.3) is 11.4 Å². The molecule has 0 aliphatic carbocycles. The van der Waals surface area contributed by atoms with Gasteiger partial charge in [0.15, 0.2) is 5.82 Å². The standard InChI is InChI=1S/C20H23N7O/c21-17-5-3-16(4-6-17)18-24-19(23-9-7-15-2-1-8-22-14-15)26-20(25-18)27-10-12-28-13-11-27/h1-6,8,14H,7,9-13,21H2,(H,23,24,25,26). The van der Waals surface area contributed by atoms with Crippen molar-refractivity contribution in [2.24, 2.45) is 0 Å². The highest BCUT2D eigenvalue weighted by Crippen LogP contribution is 2.21. The number of nitrogens with one attached hydrogen (secondary N) is 1. The number of anilines is 3. The van der Waals surface area contributed by atoms with Crippen molar-refractivity contribution in [1.82, 2.24) is 19.9 Å². The lowest BCUT2D eigenvalue weighted by atomic mass is 10.2. The van der Waals surface area contributed by atoms with Gasteiger partial charge in [-0.3, -0.25) is 4.98 Å². The van der Waals surface area contributed by atoms with E-state index in [2.05, 4.69) is 36.2 Å². The van der Waals surface area contributed by atoms with E-state index < -0.39 is 0 Å². The Morgan fingerprint density at radius 1 is 1.04 bits per heavy atom. The molecule has 8 nitrogen and oxygen atoms in total. The quantitative estimate of drug-likeness (QED) is 0.629. The van der Waals surface area contributed by atoms with Crippen LogP contribution < -0.4 is 16.0 Å². The Bertz CT molecular complexity index is 896. The third-order valence-electron chi connectivity index (χ3n) is 4.51. The second-order valence-electron chi connectivity index (χ2n) is 6.54. The monoisotopic (exact) mass is 377 g/mol. The smallest absolute Gasteiger partial charge is 0.230 e. The molecule has 1 fully saturated rings. The molecule has 0 atom stereocenters. The average molecular weight is 377 g/mol. The molecule has 1 aliphatic rings. The third-order valence-corrected chi connectivity index (χ3v) is 4.51. The maximum Gasteiger partial charge on any atom is 0.230 e. The molecule has 0 spiro atoms. The highest BCUT2D eigenvalue weighted by atomic mass is 16.5. The van der Waals surface area contributed by atoms with Crippen LogP contribution in [-0.4, -0.2) is 52.8 Å². The summed E-state index contributed by atoms with van der Waals surface area (Å²) >= 11 is 0. The van der Waals surface area contributed by atoms with Gasteiger partial charge in [-0.05, 0) is 42.3 Å². The molecule has 3 aromatic rings. The minimum absolute atomic E-state index is 0.562. The second-order valence-corrected chi connectivity index (χ2v) is 6.54. The summed E-state index contributed by atoms with van der Waals surface area (Å²) in [5.41, 5.74) is 8.59. The van der Waals surface area contributed by atoms with Gasteiger partial charge in [0, 0.05) is 43.3 Å². The van der Waals surface area contributed by atoms with Gasteiger partial charge >= 0.3 is 0 Å². The molecule has 3 N–H and O–H groups in total. The maximum atomic E-state index is 5.81. The van der Waals surface area contributed by atoms with E-state index in [1.807, 2.05) is 36.5 Å². The lowest BCUT2D eigenvalue weighted by Gasteiger charge is -2.27. The van der Waals surface area contributed by atoms with Gasteiger partial charge in [0.05, 0.1) is 13.2 Å². The number of hydrogen-bond donors (Lipinski definition) is 2. The lowest BCUT2D eigenvalue weighted by molar-refractivity contribution is 0.122. The number of pyridine rings is 1. The number of morpholine rings is 1. The van der Waals surface area contributed by atoms with Gasteiger partial charge in [-0.1, -0.05) is 6.07 Å². The summed E-state index contributed by atoms with van der Waals surface area (Å²) in [6, 6.07) is 11.5. The molecule has 0 radical (unpaired) electrons. The van der Waals surface area contributed by atoms with Gasteiger partial charge in [0.25, 0.3) is 0 Å². The van der Waals surface area contributed by atoms with Crippen molar-refractivity contribution in [1.29, 1.82) is 0 Å². The molecular formula is C20H23N7O. The molecule has 2 aromatic heterocycles. The summed E-state index contributed by atoms with van der Waals surface area (Å²) < 4.78 is 5.45. The molecule has 3 heterocycles. The molecule has 1 aliphatic heterocycles. The molecule has 28 heavy (non-hydrogen) atoms. The number of nitrogens with two attached hydrogens (primary N) is 1. The molecule has 0 saturated carbocycles. The SMILES string of the molecule is Nc1ccc(-c2nc(NCCc3cccnc3)nc(N3CCOCC3)n2)cc1. The summed E-state index contributed by atoms with van der Waals surface area (Å²) in [7, 11) is 0. The van der Waals surface area contributed by atoms with Crippen LogP contribution in [-0.2, 0) is 11.2 Å². The van der Waals surface area contributed by atoms with E-state index in [9.17, 15) is 0 Å². The van der Waals surface area contributed by atoms with Crippen LogP contribution in [0.5, 0.6) is 0 Å². The summed E-state index contributed by atoms with van der Waals surface area (Å²) in [6.45, 7) is 3.58. The first kappa shape index (κ1) is 18.1. The Morgan fingerprint density at radius 2 is 1.86 bits per heavy atom. The van der Waals surface area contributed by atoms with Gasteiger partial charge in [-0.2, -0.15) is 15.0 Å². The van der Waals surface area contributed by atoms with E-state index in [-0.39, 0.29) is 0 Å². The average Bonchev–Trinajstić information content (AvgIpc) is 2.75. The zero-order chi connectivity index (χ0) is 19.2. The molecule has 1 aromatic carbocycles.